The predicted octanol–water partition coefficient (Wildman–Crippen LogP) is 2.30. The molecule has 1 aromatic rings. The topological polar surface area (TPSA) is 64.7 Å². The number of benzene rings is 1. The fourth-order valence-electron chi connectivity index (χ4n) is 2.10. The summed E-state index contributed by atoms with van der Waals surface area (Å²) in [6.45, 7) is 4.06. The highest BCUT2D eigenvalue weighted by Gasteiger charge is 2.18. The molecular formula is C15H25NO3. The lowest BCUT2D eigenvalue weighted by atomic mass is 9.91. The molecule has 0 bridgehead atoms. The van der Waals surface area contributed by atoms with Gasteiger partial charge in [-0.05, 0) is 36.5 Å². The van der Waals surface area contributed by atoms with E-state index in [1.807, 2.05) is 25.1 Å². The van der Waals surface area contributed by atoms with E-state index in [2.05, 4.69) is 6.92 Å². The van der Waals surface area contributed by atoms with E-state index in [-0.39, 0.29) is 12.0 Å². The van der Waals surface area contributed by atoms with Gasteiger partial charge in [0.1, 0.15) is 0 Å². The van der Waals surface area contributed by atoms with Gasteiger partial charge in [-0.3, -0.25) is 0 Å². The second kappa shape index (κ2) is 7.36. The van der Waals surface area contributed by atoms with Crippen LogP contribution in [0.2, 0.25) is 0 Å². The van der Waals surface area contributed by atoms with Crippen LogP contribution in [0.5, 0.6) is 11.5 Å². The number of hydrogen-bond acceptors (Lipinski definition) is 4. The van der Waals surface area contributed by atoms with Crippen molar-refractivity contribution in [2.45, 2.75) is 44.8 Å². The summed E-state index contributed by atoms with van der Waals surface area (Å²) in [4.78, 5) is 0. The molecule has 1 rings (SSSR count). The average molecular weight is 267 g/mol. The van der Waals surface area contributed by atoms with Crippen molar-refractivity contribution in [2.24, 2.45) is 5.73 Å². The first kappa shape index (κ1) is 15.8. The molecule has 0 fully saturated rings. The van der Waals surface area contributed by atoms with Crippen LogP contribution < -0.4 is 15.2 Å². The summed E-state index contributed by atoms with van der Waals surface area (Å²) >= 11 is 0. The molecule has 19 heavy (non-hydrogen) atoms. The molecule has 4 heteroatoms. The van der Waals surface area contributed by atoms with E-state index in [1.54, 1.807) is 14.2 Å². The van der Waals surface area contributed by atoms with Crippen molar-refractivity contribution in [1.82, 2.24) is 0 Å². The minimum atomic E-state index is -0.479. The van der Waals surface area contributed by atoms with E-state index in [9.17, 15) is 5.11 Å². The van der Waals surface area contributed by atoms with E-state index in [0.717, 1.165) is 12.0 Å². The summed E-state index contributed by atoms with van der Waals surface area (Å²) in [5, 5.41) is 10.00. The molecule has 0 amide bonds. The molecular weight excluding hydrogens is 242 g/mol. The van der Waals surface area contributed by atoms with Gasteiger partial charge in [0.25, 0.3) is 0 Å². The van der Waals surface area contributed by atoms with Gasteiger partial charge in [-0.15, -0.1) is 0 Å². The standard InChI is InChI=1S/C15H25NO3/c1-5-12(16)13(17)8-10(2)11-6-7-14(18-3)15(9-11)19-4/h6-7,9-10,12-13,17H,5,8,16H2,1-4H3. The third-order valence-electron chi connectivity index (χ3n) is 3.54. The Morgan fingerprint density at radius 1 is 1.21 bits per heavy atom. The van der Waals surface area contributed by atoms with Gasteiger partial charge < -0.3 is 20.3 Å². The first-order valence-electron chi connectivity index (χ1n) is 6.69. The highest BCUT2D eigenvalue weighted by atomic mass is 16.5. The summed E-state index contributed by atoms with van der Waals surface area (Å²) < 4.78 is 10.5. The maximum atomic E-state index is 10.00. The molecule has 0 spiro atoms. The van der Waals surface area contributed by atoms with Gasteiger partial charge in [0.05, 0.1) is 20.3 Å². The van der Waals surface area contributed by atoms with E-state index < -0.39 is 6.10 Å². The van der Waals surface area contributed by atoms with Crippen LogP contribution >= 0.6 is 0 Å². The van der Waals surface area contributed by atoms with Crippen LogP contribution in [0.25, 0.3) is 0 Å². The summed E-state index contributed by atoms with van der Waals surface area (Å²) in [5.74, 6) is 1.64. The molecule has 3 N–H and O–H groups in total. The van der Waals surface area contributed by atoms with Crippen LogP contribution in [-0.2, 0) is 0 Å². The molecule has 3 unspecified atom stereocenters. The third-order valence-corrected chi connectivity index (χ3v) is 3.54. The third kappa shape index (κ3) is 4.11. The number of ether oxygens (including phenoxy) is 2. The maximum absolute atomic E-state index is 10.00. The van der Waals surface area contributed by atoms with Gasteiger partial charge >= 0.3 is 0 Å². The number of aliphatic hydroxyl groups is 1. The van der Waals surface area contributed by atoms with Gasteiger partial charge in [-0.2, -0.15) is 0 Å². The SMILES string of the molecule is CCC(N)C(O)CC(C)c1ccc(OC)c(OC)c1. The number of hydrogen-bond donors (Lipinski definition) is 2. The molecule has 3 atom stereocenters. The van der Waals surface area contributed by atoms with Crippen LogP contribution in [0.1, 0.15) is 38.2 Å². The highest BCUT2D eigenvalue weighted by Crippen LogP contribution is 2.32. The number of aliphatic hydroxyl groups excluding tert-OH is 1. The van der Waals surface area contributed by atoms with E-state index in [1.165, 1.54) is 0 Å². The first-order chi connectivity index (χ1) is 9.03. The zero-order chi connectivity index (χ0) is 14.4. The van der Waals surface area contributed by atoms with Gasteiger partial charge in [-0.1, -0.05) is 19.9 Å². The van der Waals surface area contributed by atoms with Crippen molar-refractivity contribution in [3.05, 3.63) is 23.8 Å². The molecule has 4 nitrogen and oxygen atoms in total. The molecule has 0 aromatic heterocycles. The van der Waals surface area contributed by atoms with E-state index in [0.29, 0.717) is 17.9 Å². The quantitative estimate of drug-likeness (QED) is 0.795. The van der Waals surface area contributed by atoms with Gasteiger partial charge in [0.15, 0.2) is 11.5 Å². The molecule has 0 radical (unpaired) electrons. The van der Waals surface area contributed by atoms with E-state index >= 15 is 0 Å². The minimum absolute atomic E-state index is 0.164. The second-order valence-electron chi connectivity index (χ2n) is 4.89. The molecule has 1 aromatic carbocycles. The van der Waals surface area contributed by atoms with Crippen molar-refractivity contribution >= 4 is 0 Å². The summed E-state index contributed by atoms with van der Waals surface area (Å²) in [7, 11) is 3.24. The Balaban J connectivity index is 2.79. The Kier molecular flexibility index (Phi) is 6.12. The number of nitrogens with two attached hydrogens (primary N) is 1. The summed E-state index contributed by atoms with van der Waals surface area (Å²) in [5.41, 5.74) is 6.96. The van der Waals surface area contributed by atoms with Crippen LogP contribution in [-0.4, -0.2) is 31.5 Å². The van der Waals surface area contributed by atoms with Gasteiger partial charge in [0.2, 0.25) is 0 Å². The fourth-order valence-corrected chi connectivity index (χ4v) is 2.10. The second-order valence-corrected chi connectivity index (χ2v) is 4.89. The zero-order valence-corrected chi connectivity index (χ0v) is 12.2. The van der Waals surface area contributed by atoms with Crippen LogP contribution in [0.3, 0.4) is 0 Å². The van der Waals surface area contributed by atoms with Gasteiger partial charge in [-0.25, -0.2) is 0 Å². The molecule has 108 valence electrons. The normalized spacial score (nSPS) is 15.7. The van der Waals surface area contributed by atoms with Crippen LogP contribution in [0.4, 0.5) is 0 Å². The van der Waals surface area contributed by atoms with Crippen molar-refractivity contribution < 1.29 is 14.6 Å². The average Bonchev–Trinajstić information content (AvgIpc) is 2.45. The largest absolute Gasteiger partial charge is 0.493 e. The van der Waals surface area contributed by atoms with Crippen LogP contribution in [0, 0.1) is 0 Å². The van der Waals surface area contributed by atoms with Crippen molar-refractivity contribution in [2.75, 3.05) is 14.2 Å². The zero-order valence-electron chi connectivity index (χ0n) is 12.2. The summed E-state index contributed by atoms with van der Waals surface area (Å²) in [6.07, 6.45) is 0.942. The van der Waals surface area contributed by atoms with Gasteiger partial charge in [0, 0.05) is 6.04 Å². The van der Waals surface area contributed by atoms with E-state index in [4.69, 9.17) is 15.2 Å². The molecule has 0 saturated carbocycles. The Morgan fingerprint density at radius 3 is 2.37 bits per heavy atom. The lowest BCUT2D eigenvalue weighted by molar-refractivity contribution is 0.126. The van der Waals surface area contributed by atoms with Crippen molar-refractivity contribution in [1.29, 1.82) is 0 Å². The highest BCUT2D eigenvalue weighted by molar-refractivity contribution is 5.43. The summed E-state index contributed by atoms with van der Waals surface area (Å²) in [6, 6.07) is 5.67. The predicted molar refractivity (Wildman–Crippen MR) is 76.9 cm³/mol. The smallest absolute Gasteiger partial charge is 0.160 e. The molecule has 0 aliphatic heterocycles. The monoisotopic (exact) mass is 267 g/mol. The first-order valence-corrected chi connectivity index (χ1v) is 6.69. The Bertz CT molecular complexity index is 395. The van der Waals surface area contributed by atoms with Crippen molar-refractivity contribution in [3.63, 3.8) is 0 Å². The lowest BCUT2D eigenvalue weighted by Crippen LogP contribution is -2.34. The Morgan fingerprint density at radius 2 is 1.84 bits per heavy atom. The van der Waals surface area contributed by atoms with Crippen LogP contribution in [0.15, 0.2) is 18.2 Å². The molecule has 0 aliphatic carbocycles. The number of methoxy groups -OCH3 is 2. The fraction of sp³-hybridized carbons (Fsp3) is 0.600. The maximum Gasteiger partial charge on any atom is 0.160 e. The Labute approximate surface area is 115 Å². The molecule has 0 aliphatic rings. The van der Waals surface area contributed by atoms with Crippen molar-refractivity contribution in [3.8, 4) is 11.5 Å². The lowest BCUT2D eigenvalue weighted by Gasteiger charge is -2.22. The minimum Gasteiger partial charge on any atom is -0.493 e. The molecule has 0 heterocycles. The Hall–Kier alpha value is -1.26. The number of rotatable bonds is 7. The molecule has 0 saturated heterocycles.